The van der Waals surface area contributed by atoms with Crippen molar-refractivity contribution in [1.29, 1.82) is 5.26 Å². The Morgan fingerprint density at radius 2 is 1.96 bits per heavy atom. The van der Waals surface area contributed by atoms with Crippen molar-refractivity contribution in [2.45, 2.75) is 46.5 Å². The van der Waals surface area contributed by atoms with Crippen LogP contribution in [0.5, 0.6) is 5.75 Å². The first-order valence-electron chi connectivity index (χ1n) is 8.56. The molecule has 0 fully saturated rings. The Morgan fingerprint density at radius 1 is 1.26 bits per heavy atom. The quantitative estimate of drug-likeness (QED) is 0.659. The number of aryl methyl sites for hydroxylation is 1. The van der Waals surface area contributed by atoms with Crippen molar-refractivity contribution in [3.63, 3.8) is 0 Å². The van der Waals surface area contributed by atoms with Crippen LogP contribution in [-0.4, -0.2) is 30.5 Å². The zero-order chi connectivity index (χ0) is 17.1. The normalized spacial score (nSPS) is 11.6. The molecule has 1 aromatic carbocycles. The number of nitrogens with zero attached hydrogens (tertiary/aromatic N) is 2. The maximum absolute atomic E-state index is 12.4. The van der Waals surface area contributed by atoms with E-state index in [0.717, 1.165) is 25.0 Å². The van der Waals surface area contributed by atoms with Crippen molar-refractivity contribution in [1.82, 2.24) is 4.90 Å². The molecule has 1 atom stereocenters. The molecule has 0 N–H and O–H groups in total. The summed E-state index contributed by atoms with van der Waals surface area (Å²) in [6, 6.07) is 10.1. The summed E-state index contributed by atoms with van der Waals surface area (Å²) in [6.45, 7) is 7.99. The van der Waals surface area contributed by atoms with Crippen molar-refractivity contribution in [3.05, 3.63) is 29.8 Å². The van der Waals surface area contributed by atoms with E-state index in [1.807, 2.05) is 32.0 Å². The summed E-state index contributed by atoms with van der Waals surface area (Å²) in [5.74, 6) is 0.108. The first kappa shape index (κ1) is 19.0. The van der Waals surface area contributed by atoms with E-state index in [0.29, 0.717) is 26.1 Å². The average molecular weight is 316 g/mol. The number of hydrogen-bond donors (Lipinski definition) is 0. The fourth-order valence-electron chi connectivity index (χ4n) is 2.49. The highest BCUT2D eigenvalue weighted by Gasteiger charge is 2.23. The Kier molecular flexibility index (Phi) is 8.82. The summed E-state index contributed by atoms with van der Waals surface area (Å²) in [6.07, 6.45) is 3.20. The number of carbonyl (C=O) groups excluding carboxylic acids is 1. The fraction of sp³-hybridized carbons (Fsp3) is 0.579. The van der Waals surface area contributed by atoms with Crippen LogP contribution in [0.25, 0.3) is 0 Å². The van der Waals surface area contributed by atoms with Gasteiger partial charge in [-0.3, -0.25) is 4.79 Å². The predicted molar refractivity (Wildman–Crippen MR) is 92.2 cm³/mol. The number of benzene rings is 1. The van der Waals surface area contributed by atoms with Crippen molar-refractivity contribution >= 4 is 5.91 Å². The van der Waals surface area contributed by atoms with Gasteiger partial charge in [-0.25, -0.2) is 0 Å². The fourth-order valence-corrected chi connectivity index (χ4v) is 2.49. The van der Waals surface area contributed by atoms with Crippen LogP contribution >= 0.6 is 0 Å². The van der Waals surface area contributed by atoms with Crippen LogP contribution in [0.1, 0.15) is 45.6 Å². The minimum Gasteiger partial charge on any atom is -0.494 e. The Balaban J connectivity index is 2.55. The molecular weight excluding hydrogens is 288 g/mol. The highest BCUT2D eigenvalue weighted by atomic mass is 16.5. The van der Waals surface area contributed by atoms with E-state index in [2.05, 4.69) is 19.1 Å². The van der Waals surface area contributed by atoms with Gasteiger partial charge in [0.25, 0.3) is 0 Å². The second kappa shape index (κ2) is 10.7. The molecule has 0 aliphatic rings. The lowest BCUT2D eigenvalue weighted by atomic mass is 10.1. The highest BCUT2D eigenvalue weighted by molar-refractivity contribution is 5.81. The van der Waals surface area contributed by atoms with Gasteiger partial charge < -0.3 is 9.64 Å². The van der Waals surface area contributed by atoms with E-state index in [1.165, 1.54) is 5.56 Å². The van der Waals surface area contributed by atoms with Crippen molar-refractivity contribution in [2.24, 2.45) is 5.92 Å². The molecule has 0 spiro atoms. The number of hydrogen-bond acceptors (Lipinski definition) is 3. The summed E-state index contributed by atoms with van der Waals surface area (Å²) in [4.78, 5) is 14.2. The molecule has 23 heavy (non-hydrogen) atoms. The molecule has 0 bridgehead atoms. The van der Waals surface area contributed by atoms with E-state index in [1.54, 1.807) is 4.90 Å². The molecule has 0 aromatic heterocycles. The lowest BCUT2D eigenvalue weighted by Crippen LogP contribution is -2.37. The Hall–Kier alpha value is -2.02. The second-order valence-electron chi connectivity index (χ2n) is 5.65. The molecule has 4 nitrogen and oxygen atoms in total. The van der Waals surface area contributed by atoms with Gasteiger partial charge in [-0.1, -0.05) is 32.9 Å². The monoisotopic (exact) mass is 316 g/mol. The molecule has 0 aliphatic heterocycles. The smallest absolute Gasteiger partial charge is 0.240 e. The average Bonchev–Trinajstić information content (AvgIpc) is 2.58. The Morgan fingerprint density at radius 3 is 2.52 bits per heavy atom. The van der Waals surface area contributed by atoms with Gasteiger partial charge in [0.05, 0.1) is 12.7 Å². The van der Waals surface area contributed by atoms with Crippen molar-refractivity contribution in [2.75, 3.05) is 19.7 Å². The topological polar surface area (TPSA) is 53.3 Å². The van der Waals surface area contributed by atoms with Gasteiger partial charge >= 0.3 is 0 Å². The number of rotatable bonds is 10. The maximum atomic E-state index is 12.4. The van der Waals surface area contributed by atoms with Crippen LogP contribution < -0.4 is 4.74 Å². The van der Waals surface area contributed by atoms with Gasteiger partial charge in [-0.05, 0) is 37.0 Å². The summed E-state index contributed by atoms with van der Waals surface area (Å²) in [5.41, 5.74) is 1.22. The van der Waals surface area contributed by atoms with Crippen LogP contribution in [0.15, 0.2) is 24.3 Å². The number of ether oxygens (including phenoxy) is 1. The molecule has 0 radical (unpaired) electrons. The van der Waals surface area contributed by atoms with Gasteiger partial charge in [0.2, 0.25) is 5.91 Å². The summed E-state index contributed by atoms with van der Waals surface area (Å²) in [5, 5.41) is 9.31. The van der Waals surface area contributed by atoms with Crippen molar-refractivity contribution < 1.29 is 9.53 Å². The SMILES string of the molecule is CCCN(CCC)C(=O)C(C#N)CCOc1cccc(CC)c1. The van der Waals surface area contributed by atoms with E-state index in [9.17, 15) is 10.1 Å². The molecule has 0 saturated heterocycles. The zero-order valence-electron chi connectivity index (χ0n) is 14.5. The largest absolute Gasteiger partial charge is 0.494 e. The Labute approximate surface area is 140 Å². The van der Waals surface area contributed by atoms with E-state index < -0.39 is 5.92 Å². The first-order valence-corrected chi connectivity index (χ1v) is 8.56. The van der Waals surface area contributed by atoms with E-state index in [4.69, 9.17) is 4.74 Å². The van der Waals surface area contributed by atoms with Crippen LogP contribution in [0.2, 0.25) is 0 Å². The minimum absolute atomic E-state index is 0.0675. The van der Waals surface area contributed by atoms with Crippen LogP contribution in [-0.2, 0) is 11.2 Å². The first-order chi connectivity index (χ1) is 11.2. The molecule has 0 heterocycles. The van der Waals surface area contributed by atoms with Gasteiger partial charge in [-0.2, -0.15) is 5.26 Å². The van der Waals surface area contributed by atoms with Crippen LogP contribution in [0.4, 0.5) is 0 Å². The maximum Gasteiger partial charge on any atom is 0.240 e. The van der Waals surface area contributed by atoms with Crippen LogP contribution in [0.3, 0.4) is 0 Å². The highest BCUT2D eigenvalue weighted by Crippen LogP contribution is 2.15. The van der Waals surface area contributed by atoms with Crippen molar-refractivity contribution in [3.8, 4) is 11.8 Å². The van der Waals surface area contributed by atoms with Crippen LogP contribution in [0, 0.1) is 17.2 Å². The summed E-state index contributed by atoms with van der Waals surface area (Å²) in [7, 11) is 0. The second-order valence-corrected chi connectivity index (χ2v) is 5.65. The van der Waals surface area contributed by atoms with Gasteiger partial charge in [0, 0.05) is 19.5 Å². The molecule has 1 amide bonds. The minimum atomic E-state index is -0.623. The van der Waals surface area contributed by atoms with E-state index in [-0.39, 0.29) is 5.91 Å². The molecule has 126 valence electrons. The molecule has 1 rings (SSSR count). The lowest BCUT2D eigenvalue weighted by Gasteiger charge is -2.23. The predicted octanol–water partition coefficient (Wildman–Crippen LogP) is 3.81. The zero-order valence-corrected chi connectivity index (χ0v) is 14.5. The van der Waals surface area contributed by atoms with E-state index >= 15 is 0 Å². The number of carbonyl (C=O) groups is 1. The molecule has 4 heteroatoms. The molecule has 0 aliphatic carbocycles. The van der Waals surface area contributed by atoms with Gasteiger partial charge in [0.1, 0.15) is 11.7 Å². The third-order valence-electron chi connectivity index (χ3n) is 3.73. The van der Waals surface area contributed by atoms with Gasteiger partial charge in [-0.15, -0.1) is 0 Å². The third kappa shape index (κ3) is 6.32. The standard InChI is InChI=1S/C19H28N2O2/c1-4-11-21(12-5-2)19(22)17(15-20)10-13-23-18-9-7-8-16(6-3)14-18/h7-9,14,17H,4-6,10-13H2,1-3H3. The number of amides is 1. The lowest BCUT2D eigenvalue weighted by molar-refractivity contribution is -0.134. The van der Waals surface area contributed by atoms with Gasteiger partial charge in [0.15, 0.2) is 0 Å². The molecule has 0 saturated carbocycles. The third-order valence-corrected chi connectivity index (χ3v) is 3.73. The summed E-state index contributed by atoms with van der Waals surface area (Å²) >= 11 is 0. The summed E-state index contributed by atoms with van der Waals surface area (Å²) < 4.78 is 5.71. The Bertz CT molecular complexity index is 516. The molecule has 1 aromatic rings. The molecular formula is C19H28N2O2. The molecule has 1 unspecified atom stereocenters. The number of nitriles is 1.